The molecule has 0 saturated heterocycles. The molecule has 1 aliphatic rings. The summed E-state index contributed by atoms with van der Waals surface area (Å²) in [6.07, 6.45) is 0. The van der Waals surface area contributed by atoms with Crippen LogP contribution in [0.5, 0.6) is 0 Å². The van der Waals surface area contributed by atoms with Crippen LogP contribution in [0.2, 0.25) is 0 Å². The van der Waals surface area contributed by atoms with E-state index in [1.807, 2.05) is 6.07 Å². The molecular weight excluding hydrogens is 715 g/mol. The topological polar surface area (TPSA) is 16.4 Å². The molecule has 0 aliphatic heterocycles. The SMILES string of the molecule is CC1(C)c2ccccc2-c2ccc(N(c3ccc4c(c3)oc3ccccc34)c3cccc(-c4cc5ccccc5c5ccccc45)c3-c3ccc4ccccc4c3)cc21. The van der Waals surface area contributed by atoms with Crippen LogP contribution in [-0.4, -0.2) is 0 Å². The van der Waals surface area contributed by atoms with E-state index in [0.29, 0.717) is 0 Å². The zero-order chi connectivity index (χ0) is 39.2. The molecule has 0 N–H and O–H groups in total. The molecule has 0 bridgehead atoms. The van der Waals surface area contributed by atoms with E-state index in [1.54, 1.807) is 0 Å². The minimum atomic E-state index is -0.163. The maximum Gasteiger partial charge on any atom is 0.137 e. The van der Waals surface area contributed by atoms with Crippen LogP contribution in [0.25, 0.3) is 87.6 Å². The van der Waals surface area contributed by atoms with Crippen molar-refractivity contribution in [2.45, 2.75) is 19.3 Å². The molecule has 0 radical (unpaired) electrons. The number of hydrogen-bond acceptors (Lipinski definition) is 2. The van der Waals surface area contributed by atoms with Crippen molar-refractivity contribution >= 4 is 71.3 Å². The van der Waals surface area contributed by atoms with E-state index in [1.165, 1.54) is 71.3 Å². The Morgan fingerprint density at radius 2 is 1.02 bits per heavy atom. The fraction of sp³-hybridized carbons (Fsp3) is 0.0526. The number of benzene rings is 10. The summed E-state index contributed by atoms with van der Waals surface area (Å²) in [7, 11) is 0. The van der Waals surface area contributed by atoms with E-state index in [9.17, 15) is 0 Å². The predicted octanol–water partition coefficient (Wildman–Crippen LogP) is 16.2. The molecule has 0 unspecified atom stereocenters. The number of rotatable bonds is 5. The molecule has 2 heteroatoms. The highest BCUT2D eigenvalue weighted by Crippen LogP contribution is 2.53. The summed E-state index contributed by atoms with van der Waals surface area (Å²) in [5, 5.41) is 9.64. The number of fused-ring (bicyclic) bond motifs is 10. The second-order valence-electron chi connectivity index (χ2n) is 16.5. The highest BCUT2D eigenvalue weighted by Gasteiger charge is 2.36. The lowest BCUT2D eigenvalue weighted by Gasteiger charge is -2.31. The maximum atomic E-state index is 6.58. The summed E-state index contributed by atoms with van der Waals surface area (Å²) in [6, 6.07) is 73.5. The Kier molecular flexibility index (Phi) is 7.31. The molecule has 0 saturated carbocycles. The van der Waals surface area contributed by atoms with Gasteiger partial charge in [0.25, 0.3) is 0 Å². The van der Waals surface area contributed by atoms with Crippen molar-refractivity contribution in [3.05, 3.63) is 211 Å². The van der Waals surface area contributed by atoms with Gasteiger partial charge in [-0.25, -0.2) is 0 Å². The summed E-state index contributed by atoms with van der Waals surface area (Å²) in [5.41, 5.74) is 14.9. The first-order valence-electron chi connectivity index (χ1n) is 20.5. The summed E-state index contributed by atoms with van der Waals surface area (Å²) >= 11 is 0. The van der Waals surface area contributed by atoms with Gasteiger partial charge in [0, 0.05) is 39.2 Å². The Balaban J connectivity index is 1.18. The van der Waals surface area contributed by atoms with Crippen molar-refractivity contribution < 1.29 is 4.42 Å². The first kappa shape index (κ1) is 33.7. The van der Waals surface area contributed by atoms with Gasteiger partial charge in [-0.2, -0.15) is 0 Å². The summed E-state index contributed by atoms with van der Waals surface area (Å²) in [5.74, 6) is 0. The van der Waals surface area contributed by atoms with Crippen molar-refractivity contribution in [1.82, 2.24) is 0 Å². The molecule has 1 aromatic heterocycles. The van der Waals surface area contributed by atoms with E-state index >= 15 is 0 Å². The lowest BCUT2D eigenvalue weighted by atomic mass is 9.82. The van der Waals surface area contributed by atoms with Gasteiger partial charge in [-0.3, -0.25) is 0 Å². The van der Waals surface area contributed by atoms with Crippen LogP contribution in [0.4, 0.5) is 17.1 Å². The van der Waals surface area contributed by atoms with Gasteiger partial charge in [-0.05, 0) is 120 Å². The van der Waals surface area contributed by atoms with E-state index in [0.717, 1.165) is 44.6 Å². The summed E-state index contributed by atoms with van der Waals surface area (Å²) in [6.45, 7) is 4.72. The monoisotopic (exact) mass is 753 g/mol. The van der Waals surface area contributed by atoms with E-state index in [4.69, 9.17) is 4.42 Å². The van der Waals surface area contributed by atoms with Crippen LogP contribution in [0.15, 0.2) is 205 Å². The van der Waals surface area contributed by atoms with Crippen molar-refractivity contribution in [2.75, 3.05) is 4.90 Å². The average molecular weight is 754 g/mol. The highest BCUT2D eigenvalue weighted by molar-refractivity contribution is 6.16. The smallest absolute Gasteiger partial charge is 0.137 e. The third-order valence-electron chi connectivity index (χ3n) is 12.8. The number of hydrogen-bond donors (Lipinski definition) is 0. The van der Waals surface area contributed by atoms with Crippen LogP contribution in [-0.2, 0) is 5.41 Å². The zero-order valence-electron chi connectivity index (χ0n) is 32.9. The van der Waals surface area contributed by atoms with Crippen molar-refractivity contribution in [2.24, 2.45) is 0 Å². The molecule has 0 atom stereocenters. The molecule has 0 spiro atoms. The standard InChI is InChI=1S/C57H39NO/c1-57(2)51-23-11-9-20-45(51)46-30-28-40(34-52(46)57)58(41-29-31-48-47-21-10-12-25-54(47)59-55(48)35-41)53-24-13-22-49(56(53)39-27-26-36-14-3-4-15-37(36)32-39)50-33-38-16-5-6-17-42(38)43-18-7-8-19-44(43)50/h3-35H,1-2H3. The molecule has 0 amide bonds. The average Bonchev–Trinajstić information content (AvgIpc) is 3.77. The van der Waals surface area contributed by atoms with Gasteiger partial charge in [0.05, 0.1) is 5.69 Å². The molecule has 1 aliphatic carbocycles. The minimum Gasteiger partial charge on any atom is -0.456 e. The van der Waals surface area contributed by atoms with Crippen LogP contribution in [0.1, 0.15) is 25.0 Å². The Hall–Kier alpha value is -7.42. The van der Waals surface area contributed by atoms with E-state index < -0.39 is 0 Å². The van der Waals surface area contributed by atoms with Gasteiger partial charge >= 0.3 is 0 Å². The van der Waals surface area contributed by atoms with Gasteiger partial charge in [-0.1, -0.05) is 159 Å². The molecule has 10 aromatic carbocycles. The molecule has 278 valence electrons. The number of furan rings is 1. The minimum absolute atomic E-state index is 0.163. The van der Waals surface area contributed by atoms with Crippen LogP contribution >= 0.6 is 0 Å². The molecule has 1 heterocycles. The molecule has 0 fully saturated rings. The largest absolute Gasteiger partial charge is 0.456 e. The van der Waals surface area contributed by atoms with Gasteiger partial charge in [0.15, 0.2) is 0 Å². The third kappa shape index (κ3) is 5.13. The molecule has 12 rings (SSSR count). The van der Waals surface area contributed by atoms with Gasteiger partial charge in [0.1, 0.15) is 11.2 Å². The van der Waals surface area contributed by atoms with Crippen LogP contribution in [0, 0.1) is 0 Å². The van der Waals surface area contributed by atoms with Crippen molar-refractivity contribution in [3.8, 4) is 33.4 Å². The Morgan fingerprint density at radius 3 is 1.90 bits per heavy atom. The lowest BCUT2D eigenvalue weighted by molar-refractivity contribution is 0.660. The fourth-order valence-corrected chi connectivity index (χ4v) is 9.99. The van der Waals surface area contributed by atoms with Gasteiger partial charge < -0.3 is 9.32 Å². The van der Waals surface area contributed by atoms with Crippen molar-refractivity contribution in [3.63, 3.8) is 0 Å². The predicted molar refractivity (Wildman–Crippen MR) is 249 cm³/mol. The zero-order valence-corrected chi connectivity index (χ0v) is 32.9. The highest BCUT2D eigenvalue weighted by atomic mass is 16.3. The van der Waals surface area contributed by atoms with Crippen molar-refractivity contribution in [1.29, 1.82) is 0 Å². The normalized spacial score (nSPS) is 13.1. The summed E-state index contributed by atoms with van der Waals surface area (Å²) < 4.78 is 6.58. The maximum absolute atomic E-state index is 6.58. The van der Waals surface area contributed by atoms with Crippen LogP contribution < -0.4 is 4.90 Å². The first-order valence-corrected chi connectivity index (χ1v) is 20.5. The molecule has 11 aromatic rings. The second-order valence-corrected chi connectivity index (χ2v) is 16.5. The third-order valence-corrected chi connectivity index (χ3v) is 12.8. The summed E-state index contributed by atoms with van der Waals surface area (Å²) in [4.78, 5) is 2.46. The molecular formula is C57H39NO. The molecule has 2 nitrogen and oxygen atoms in total. The van der Waals surface area contributed by atoms with Crippen LogP contribution in [0.3, 0.4) is 0 Å². The number of nitrogens with zero attached hydrogens (tertiary/aromatic N) is 1. The second kappa shape index (κ2) is 12.8. The Bertz CT molecular complexity index is 3500. The Morgan fingerprint density at radius 1 is 0.373 bits per heavy atom. The van der Waals surface area contributed by atoms with E-state index in [-0.39, 0.29) is 5.41 Å². The fourth-order valence-electron chi connectivity index (χ4n) is 9.99. The van der Waals surface area contributed by atoms with E-state index in [2.05, 4.69) is 213 Å². The number of para-hydroxylation sites is 1. The lowest BCUT2D eigenvalue weighted by Crippen LogP contribution is -2.17. The molecule has 59 heavy (non-hydrogen) atoms. The van der Waals surface area contributed by atoms with Gasteiger partial charge in [0.2, 0.25) is 0 Å². The quantitative estimate of drug-likeness (QED) is 0.163. The first-order chi connectivity index (χ1) is 29.0. The number of anilines is 3. The van der Waals surface area contributed by atoms with Gasteiger partial charge in [-0.15, -0.1) is 0 Å². The Labute approximate surface area is 343 Å².